The molecule has 9 heteroatoms. The number of nitrogens with one attached hydrogen (secondary N) is 2. The molecule has 9 nitrogen and oxygen atoms in total. The fourth-order valence-corrected chi connectivity index (χ4v) is 5.29. The van der Waals surface area contributed by atoms with Crippen LogP contribution in [0.25, 0.3) is 11.1 Å². The van der Waals surface area contributed by atoms with Gasteiger partial charge >= 0.3 is 12.1 Å². The summed E-state index contributed by atoms with van der Waals surface area (Å²) in [7, 11) is 0. The largest absolute Gasteiger partial charge is 0.480 e. The van der Waals surface area contributed by atoms with E-state index in [1.165, 1.54) is 11.2 Å². The molecule has 3 aromatic rings. The van der Waals surface area contributed by atoms with Gasteiger partial charge < -0.3 is 25.0 Å². The molecule has 178 valence electrons. The number of carbonyl (C=O) groups is 3. The lowest BCUT2D eigenvalue weighted by atomic mass is 9.98. The number of aliphatic carboxylic acids is 1. The predicted octanol–water partition coefficient (Wildman–Crippen LogP) is 2.82. The van der Waals surface area contributed by atoms with Crippen LogP contribution in [0, 0.1) is 0 Å². The van der Waals surface area contributed by atoms with Crippen molar-refractivity contribution in [3.05, 3.63) is 77.4 Å². The molecule has 1 atom stereocenters. The van der Waals surface area contributed by atoms with Crippen LogP contribution in [0.2, 0.25) is 0 Å². The third-order valence-corrected chi connectivity index (χ3v) is 7.29. The SMILES string of the molecule is O=C(NC1(C(=O)N2Cc3[nH]cnc3CC2C(=O)O)CC1)OCC1c2ccccc2-c2ccccc21. The minimum Gasteiger partial charge on any atom is -0.480 e. The Hall–Kier alpha value is -4.14. The van der Waals surface area contributed by atoms with Crippen LogP contribution in [0.1, 0.15) is 41.3 Å². The molecule has 0 spiro atoms. The lowest BCUT2D eigenvalue weighted by molar-refractivity contribution is -0.152. The second-order valence-corrected chi connectivity index (χ2v) is 9.35. The van der Waals surface area contributed by atoms with Gasteiger partial charge in [0.25, 0.3) is 0 Å². The van der Waals surface area contributed by atoms with Gasteiger partial charge in [0.05, 0.1) is 24.3 Å². The van der Waals surface area contributed by atoms with Gasteiger partial charge in [0.2, 0.25) is 5.91 Å². The highest BCUT2D eigenvalue weighted by Crippen LogP contribution is 2.45. The highest BCUT2D eigenvalue weighted by Gasteiger charge is 2.55. The molecule has 2 aliphatic carbocycles. The van der Waals surface area contributed by atoms with Crippen LogP contribution in [-0.2, 0) is 27.3 Å². The van der Waals surface area contributed by atoms with Crippen molar-refractivity contribution in [2.45, 2.75) is 43.3 Å². The second kappa shape index (κ2) is 7.97. The van der Waals surface area contributed by atoms with E-state index in [-0.39, 0.29) is 25.5 Å². The molecule has 1 unspecified atom stereocenters. The van der Waals surface area contributed by atoms with Crippen LogP contribution in [0.3, 0.4) is 0 Å². The summed E-state index contributed by atoms with van der Waals surface area (Å²) in [6.45, 7) is 0.252. The number of rotatable bonds is 5. The first kappa shape index (κ1) is 21.4. The summed E-state index contributed by atoms with van der Waals surface area (Å²) in [6, 6.07) is 15.1. The maximum absolute atomic E-state index is 13.4. The first-order valence-corrected chi connectivity index (χ1v) is 11.6. The molecule has 1 aliphatic heterocycles. The number of alkyl carbamates (subject to hydrolysis) is 1. The zero-order valence-corrected chi connectivity index (χ0v) is 18.9. The number of aromatic amines is 1. The van der Waals surface area contributed by atoms with Crippen LogP contribution < -0.4 is 5.32 Å². The van der Waals surface area contributed by atoms with Gasteiger partial charge in [-0.3, -0.25) is 4.79 Å². The Morgan fingerprint density at radius 3 is 2.37 bits per heavy atom. The van der Waals surface area contributed by atoms with Crippen LogP contribution >= 0.6 is 0 Å². The third-order valence-electron chi connectivity index (χ3n) is 7.29. The van der Waals surface area contributed by atoms with Crippen LogP contribution in [0.4, 0.5) is 4.79 Å². The van der Waals surface area contributed by atoms with Gasteiger partial charge in [0.15, 0.2) is 0 Å². The quantitative estimate of drug-likeness (QED) is 0.525. The standard InChI is InChI=1S/C26H24N4O5/c31-23(32)22-11-20-21(28-14-27-20)12-30(22)24(33)26(9-10-26)29-25(34)35-13-19-17-7-3-1-5-15(17)16-6-2-4-8-18(16)19/h1-8,14,19,22H,9-13H2,(H,27,28)(H,29,34)(H,31,32). The monoisotopic (exact) mass is 472 g/mol. The number of benzene rings is 2. The maximum Gasteiger partial charge on any atom is 0.408 e. The number of ether oxygens (including phenoxy) is 1. The Morgan fingerprint density at radius 2 is 1.74 bits per heavy atom. The Labute approximate surface area is 201 Å². The highest BCUT2D eigenvalue weighted by molar-refractivity contribution is 5.95. The lowest BCUT2D eigenvalue weighted by Crippen LogP contribution is -2.57. The number of H-pyrrole nitrogens is 1. The molecule has 3 N–H and O–H groups in total. The lowest BCUT2D eigenvalue weighted by Gasteiger charge is -2.35. The summed E-state index contributed by atoms with van der Waals surface area (Å²) in [4.78, 5) is 46.5. The molecule has 3 aliphatic rings. The van der Waals surface area contributed by atoms with E-state index in [2.05, 4.69) is 27.4 Å². The van der Waals surface area contributed by atoms with Crippen molar-refractivity contribution in [3.63, 3.8) is 0 Å². The predicted molar refractivity (Wildman–Crippen MR) is 124 cm³/mol. The van der Waals surface area contributed by atoms with Crippen molar-refractivity contribution in [2.75, 3.05) is 6.61 Å². The van der Waals surface area contributed by atoms with E-state index in [0.717, 1.165) is 22.3 Å². The molecular formula is C26H24N4O5. The van der Waals surface area contributed by atoms with Gasteiger partial charge in [-0.25, -0.2) is 14.6 Å². The topological polar surface area (TPSA) is 125 Å². The number of hydrogen-bond donors (Lipinski definition) is 3. The first-order chi connectivity index (χ1) is 17.0. The third kappa shape index (κ3) is 3.54. The molecule has 1 fully saturated rings. The highest BCUT2D eigenvalue weighted by atomic mass is 16.5. The van der Waals surface area contributed by atoms with E-state index >= 15 is 0 Å². The van der Waals surface area contributed by atoms with Gasteiger partial charge in [-0.2, -0.15) is 0 Å². The fourth-order valence-electron chi connectivity index (χ4n) is 5.29. The number of carboxylic acid groups (broad SMARTS) is 1. The summed E-state index contributed by atoms with van der Waals surface area (Å²) in [5, 5.41) is 12.5. The summed E-state index contributed by atoms with van der Waals surface area (Å²) >= 11 is 0. The van der Waals surface area contributed by atoms with Crippen molar-refractivity contribution < 1.29 is 24.2 Å². The molecule has 35 heavy (non-hydrogen) atoms. The molecule has 0 radical (unpaired) electrons. The van der Waals surface area contributed by atoms with Gasteiger partial charge in [-0.15, -0.1) is 0 Å². The van der Waals surface area contributed by atoms with E-state index in [4.69, 9.17) is 4.74 Å². The molecule has 0 saturated heterocycles. The van der Waals surface area contributed by atoms with E-state index in [0.29, 0.717) is 24.2 Å². The van der Waals surface area contributed by atoms with Gasteiger partial charge in [-0.05, 0) is 35.1 Å². The van der Waals surface area contributed by atoms with E-state index in [1.807, 2.05) is 36.4 Å². The average molecular weight is 473 g/mol. The molecule has 2 aromatic carbocycles. The zero-order chi connectivity index (χ0) is 24.2. The summed E-state index contributed by atoms with van der Waals surface area (Å²) in [5.74, 6) is -1.58. The van der Waals surface area contributed by atoms with Crippen molar-refractivity contribution in [1.29, 1.82) is 0 Å². The Balaban J connectivity index is 1.15. The second-order valence-electron chi connectivity index (χ2n) is 9.35. The van der Waals surface area contributed by atoms with Crippen molar-refractivity contribution in [1.82, 2.24) is 20.2 Å². The summed E-state index contributed by atoms with van der Waals surface area (Å²) < 4.78 is 5.62. The summed E-state index contributed by atoms with van der Waals surface area (Å²) in [5.41, 5.74) is 4.71. The minimum atomic E-state index is -1.13. The molecular weight excluding hydrogens is 448 g/mol. The van der Waals surface area contributed by atoms with Crippen LogP contribution in [0.15, 0.2) is 54.9 Å². The summed E-state index contributed by atoms with van der Waals surface area (Å²) in [6.07, 6.45) is 1.83. The van der Waals surface area contributed by atoms with E-state index < -0.39 is 29.6 Å². The maximum atomic E-state index is 13.4. The van der Waals surface area contributed by atoms with Gasteiger partial charge in [0, 0.05) is 12.3 Å². The molecule has 2 heterocycles. The number of amides is 2. The number of imidazole rings is 1. The normalized spacial score (nSPS) is 19.3. The Bertz CT molecular complexity index is 1300. The molecule has 1 saturated carbocycles. The van der Waals surface area contributed by atoms with E-state index in [1.54, 1.807) is 0 Å². The van der Waals surface area contributed by atoms with Gasteiger partial charge in [0.1, 0.15) is 18.2 Å². The number of fused-ring (bicyclic) bond motifs is 4. The van der Waals surface area contributed by atoms with Crippen molar-refractivity contribution >= 4 is 18.0 Å². The Kier molecular flexibility index (Phi) is 4.87. The van der Waals surface area contributed by atoms with Crippen molar-refractivity contribution in [2.24, 2.45) is 0 Å². The van der Waals surface area contributed by atoms with Gasteiger partial charge in [-0.1, -0.05) is 48.5 Å². The smallest absolute Gasteiger partial charge is 0.408 e. The molecule has 6 rings (SSSR count). The number of nitrogens with zero attached hydrogens (tertiary/aromatic N) is 2. The van der Waals surface area contributed by atoms with E-state index in [9.17, 15) is 19.5 Å². The van der Waals surface area contributed by atoms with Crippen molar-refractivity contribution in [3.8, 4) is 11.1 Å². The number of aromatic nitrogens is 2. The number of carbonyl (C=O) groups excluding carboxylic acids is 2. The van der Waals surface area contributed by atoms with Crippen LogP contribution in [0.5, 0.6) is 0 Å². The molecule has 0 bridgehead atoms. The average Bonchev–Trinajstić information content (AvgIpc) is 3.37. The Morgan fingerprint density at radius 1 is 1.09 bits per heavy atom. The fraction of sp³-hybridized carbons (Fsp3) is 0.308. The zero-order valence-electron chi connectivity index (χ0n) is 18.9. The molecule has 2 amide bonds. The molecule has 1 aromatic heterocycles. The number of carboxylic acids is 1. The first-order valence-electron chi connectivity index (χ1n) is 11.6. The van der Waals surface area contributed by atoms with Crippen LogP contribution in [-0.4, -0.2) is 56.1 Å². The minimum absolute atomic E-state index is 0.0868. The number of hydrogen-bond acceptors (Lipinski definition) is 5.